The van der Waals surface area contributed by atoms with E-state index in [0.29, 0.717) is 0 Å². The van der Waals surface area contributed by atoms with E-state index in [0.717, 1.165) is 35.1 Å². The van der Waals surface area contributed by atoms with Gasteiger partial charge in [0.25, 0.3) is 0 Å². The van der Waals surface area contributed by atoms with Crippen LogP contribution in [0.2, 0.25) is 0 Å². The topological polar surface area (TPSA) is 52.9 Å². The van der Waals surface area contributed by atoms with Gasteiger partial charge in [-0.25, -0.2) is 9.98 Å². The van der Waals surface area contributed by atoms with Gasteiger partial charge < -0.3 is 10.2 Å². The molecule has 27 heavy (non-hydrogen) atoms. The van der Waals surface area contributed by atoms with Crippen molar-refractivity contribution >= 4 is 29.1 Å². The predicted molar refractivity (Wildman–Crippen MR) is 116 cm³/mol. The van der Waals surface area contributed by atoms with Crippen molar-refractivity contribution < 1.29 is 0 Å². The molecule has 142 valence electrons. The molecule has 1 atom stereocenters. The van der Waals surface area contributed by atoms with E-state index in [9.17, 15) is 0 Å². The molecule has 0 bridgehead atoms. The second kappa shape index (κ2) is 8.48. The van der Waals surface area contributed by atoms with Crippen LogP contribution in [0.5, 0.6) is 0 Å². The molecule has 0 amide bonds. The summed E-state index contributed by atoms with van der Waals surface area (Å²) in [6, 6.07) is 4.59. The van der Waals surface area contributed by atoms with Crippen LogP contribution < -0.4 is 5.32 Å². The molecule has 3 rings (SSSR count). The van der Waals surface area contributed by atoms with Gasteiger partial charge >= 0.3 is 0 Å². The molecule has 2 aromatic rings. The van der Waals surface area contributed by atoms with Gasteiger partial charge in [-0.3, -0.25) is 4.99 Å². The van der Waals surface area contributed by atoms with Crippen molar-refractivity contribution in [2.45, 2.75) is 40.2 Å². The standard InChI is InChI=1S/C21H27N5S/c1-6-26(5)13-24-18-10-14(2)17(9-15(18)3)11-20-25-19(12-27-20)21-16(4)22-7-8-23-21/h7-10,12-13,16,22H,6,11H2,1-5H3. The van der Waals surface area contributed by atoms with Crippen LogP contribution in [0.15, 0.2) is 39.9 Å². The highest BCUT2D eigenvalue weighted by Gasteiger charge is 2.17. The number of rotatable bonds is 6. The maximum atomic E-state index is 4.82. The van der Waals surface area contributed by atoms with Crippen molar-refractivity contribution in [2.75, 3.05) is 13.6 Å². The molecule has 1 N–H and O–H groups in total. The lowest BCUT2D eigenvalue weighted by Gasteiger charge is -2.15. The molecule has 0 aliphatic carbocycles. The van der Waals surface area contributed by atoms with Gasteiger partial charge in [0.05, 0.1) is 34.5 Å². The van der Waals surface area contributed by atoms with Gasteiger partial charge in [-0.15, -0.1) is 11.3 Å². The molecule has 1 aliphatic heterocycles. The number of aryl methyl sites for hydroxylation is 2. The minimum Gasteiger partial charge on any atom is -0.381 e. The molecule has 0 fully saturated rings. The third-order valence-electron chi connectivity index (χ3n) is 4.75. The lowest BCUT2D eigenvalue weighted by molar-refractivity contribution is 0.552. The Hall–Kier alpha value is -2.47. The zero-order chi connectivity index (χ0) is 19.4. The SMILES string of the molecule is CCN(C)C=Nc1cc(C)c(Cc2nc(C3=NC=CNC3C)cs2)cc1C. The minimum absolute atomic E-state index is 0.187. The normalized spacial score (nSPS) is 16.5. The average molecular weight is 382 g/mol. The zero-order valence-electron chi connectivity index (χ0n) is 16.7. The second-order valence-electron chi connectivity index (χ2n) is 6.90. The number of thiazole rings is 1. The highest BCUT2D eigenvalue weighted by Crippen LogP contribution is 2.26. The first-order valence-electron chi connectivity index (χ1n) is 9.26. The fourth-order valence-corrected chi connectivity index (χ4v) is 3.70. The van der Waals surface area contributed by atoms with Crippen LogP contribution >= 0.6 is 11.3 Å². The summed E-state index contributed by atoms with van der Waals surface area (Å²) < 4.78 is 0. The van der Waals surface area contributed by atoms with Crippen LogP contribution in [0.4, 0.5) is 5.69 Å². The molecule has 0 radical (unpaired) electrons. The van der Waals surface area contributed by atoms with Crippen LogP contribution in [-0.2, 0) is 6.42 Å². The van der Waals surface area contributed by atoms with Crippen LogP contribution in [0.1, 0.15) is 41.2 Å². The number of nitrogens with zero attached hydrogens (tertiary/aromatic N) is 4. The number of hydrogen-bond acceptors (Lipinski definition) is 5. The summed E-state index contributed by atoms with van der Waals surface area (Å²) in [6.07, 6.45) is 6.39. The van der Waals surface area contributed by atoms with E-state index in [4.69, 9.17) is 4.98 Å². The first kappa shape index (κ1) is 19.3. The van der Waals surface area contributed by atoms with Gasteiger partial charge in [0.1, 0.15) is 0 Å². The highest BCUT2D eigenvalue weighted by atomic mass is 32.1. The Balaban J connectivity index is 1.78. The third kappa shape index (κ3) is 4.63. The number of nitrogens with one attached hydrogen (secondary N) is 1. The molecular formula is C21H27N5S. The molecular weight excluding hydrogens is 354 g/mol. The van der Waals surface area contributed by atoms with Crippen molar-refractivity contribution in [1.29, 1.82) is 0 Å². The zero-order valence-corrected chi connectivity index (χ0v) is 17.5. The van der Waals surface area contributed by atoms with Crippen molar-refractivity contribution in [3.05, 3.63) is 57.3 Å². The Morgan fingerprint density at radius 1 is 1.30 bits per heavy atom. The van der Waals surface area contributed by atoms with Crippen LogP contribution in [0.25, 0.3) is 0 Å². The largest absolute Gasteiger partial charge is 0.381 e. The van der Waals surface area contributed by atoms with E-state index in [-0.39, 0.29) is 6.04 Å². The molecule has 1 aromatic carbocycles. The maximum absolute atomic E-state index is 4.82. The van der Waals surface area contributed by atoms with E-state index in [1.807, 2.05) is 19.6 Å². The van der Waals surface area contributed by atoms with E-state index in [1.165, 1.54) is 16.7 Å². The molecule has 6 heteroatoms. The Bertz CT molecular complexity index is 894. The van der Waals surface area contributed by atoms with Gasteiger partial charge in [0.15, 0.2) is 0 Å². The maximum Gasteiger partial charge on any atom is 0.0978 e. The lowest BCUT2D eigenvalue weighted by Crippen LogP contribution is -2.33. The van der Waals surface area contributed by atoms with Gasteiger partial charge in [-0.05, 0) is 50.5 Å². The van der Waals surface area contributed by atoms with Gasteiger partial charge in [-0.2, -0.15) is 0 Å². The van der Waals surface area contributed by atoms with Crippen molar-refractivity contribution in [2.24, 2.45) is 9.98 Å². The van der Waals surface area contributed by atoms with Crippen LogP contribution in [0, 0.1) is 13.8 Å². The predicted octanol–water partition coefficient (Wildman–Crippen LogP) is 4.21. The van der Waals surface area contributed by atoms with Crippen molar-refractivity contribution in [3.8, 4) is 0 Å². The molecule has 0 saturated heterocycles. The van der Waals surface area contributed by atoms with Crippen molar-refractivity contribution in [3.63, 3.8) is 0 Å². The molecule has 1 unspecified atom stereocenters. The van der Waals surface area contributed by atoms with Crippen LogP contribution in [0.3, 0.4) is 0 Å². The summed E-state index contributed by atoms with van der Waals surface area (Å²) in [5, 5.41) is 6.49. The van der Waals surface area contributed by atoms with Gasteiger partial charge in [-0.1, -0.05) is 6.07 Å². The molecule has 5 nitrogen and oxygen atoms in total. The van der Waals surface area contributed by atoms with E-state index in [2.05, 4.69) is 65.4 Å². The summed E-state index contributed by atoms with van der Waals surface area (Å²) in [6.45, 7) is 9.42. The van der Waals surface area contributed by atoms with Crippen LogP contribution in [-0.4, -0.2) is 41.6 Å². The number of aliphatic imine (C=N–C) groups is 2. The van der Waals surface area contributed by atoms with Crippen molar-refractivity contribution in [1.82, 2.24) is 15.2 Å². The second-order valence-corrected chi connectivity index (χ2v) is 7.85. The Morgan fingerprint density at radius 3 is 2.85 bits per heavy atom. The summed E-state index contributed by atoms with van der Waals surface area (Å²) in [4.78, 5) is 16.0. The van der Waals surface area contributed by atoms with Gasteiger partial charge in [0, 0.05) is 37.8 Å². The monoisotopic (exact) mass is 381 g/mol. The Kier molecular flexibility index (Phi) is 6.06. The first-order valence-corrected chi connectivity index (χ1v) is 10.1. The summed E-state index contributed by atoms with van der Waals surface area (Å²) in [5.41, 5.74) is 6.73. The van der Waals surface area contributed by atoms with E-state index in [1.54, 1.807) is 17.5 Å². The number of benzene rings is 1. The molecule has 0 spiro atoms. The number of hydrogen-bond donors (Lipinski definition) is 1. The molecule has 1 aliphatic rings. The lowest BCUT2D eigenvalue weighted by atomic mass is 10.0. The number of aromatic nitrogens is 1. The Labute approximate surface area is 165 Å². The van der Waals surface area contributed by atoms with Gasteiger partial charge in [0.2, 0.25) is 0 Å². The summed E-state index contributed by atoms with van der Waals surface area (Å²) in [7, 11) is 2.03. The minimum atomic E-state index is 0.187. The fourth-order valence-electron chi connectivity index (χ4n) is 2.89. The summed E-state index contributed by atoms with van der Waals surface area (Å²) >= 11 is 1.70. The highest BCUT2D eigenvalue weighted by molar-refractivity contribution is 7.09. The fraction of sp³-hybridized carbons (Fsp3) is 0.381. The average Bonchev–Trinajstić information content (AvgIpc) is 3.11. The molecule has 1 aromatic heterocycles. The Morgan fingerprint density at radius 2 is 2.11 bits per heavy atom. The quantitative estimate of drug-likeness (QED) is 0.602. The molecule has 2 heterocycles. The van der Waals surface area contributed by atoms with E-state index >= 15 is 0 Å². The first-order chi connectivity index (χ1) is 13.0. The summed E-state index contributed by atoms with van der Waals surface area (Å²) in [5.74, 6) is 0. The molecule has 0 saturated carbocycles. The smallest absolute Gasteiger partial charge is 0.0978 e. The van der Waals surface area contributed by atoms with E-state index < -0.39 is 0 Å². The third-order valence-corrected chi connectivity index (χ3v) is 5.60.